The fourth-order valence-corrected chi connectivity index (χ4v) is 5.64. The van der Waals surface area contributed by atoms with E-state index in [-0.39, 0.29) is 5.91 Å². The Hall–Kier alpha value is -2.64. The topological polar surface area (TPSA) is 54.9 Å². The number of benzene rings is 1. The van der Waals surface area contributed by atoms with E-state index in [0.29, 0.717) is 6.79 Å². The first kappa shape index (κ1) is 19.3. The average Bonchev–Trinajstić information content (AvgIpc) is 3.32. The van der Waals surface area contributed by atoms with E-state index in [4.69, 9.17) is 9.47 Å². The summed E-state index contributed by atoms with van der Waals surface area (Å²) >= 11 is 1.53. The maximum Gasteiger partial charge on any atom is 0.264 e. The summed E-state index contributed by atoms with van der Waals surface area (Å²) < 4.78 is 10.9. The lowest BCUT2D eigenvalue weighted by atomic mass is 10.1. The van der Waals surface area contributed by atoms with E-state index in [1.807, 2.05) is 24.8 Å². The second-order valence-electron chi connectivity index (χ2n) is 8.07. The zero-order chi connectivity index (χ0) is 20.8. The Morgan fingerprint density at radius 2 is 1.83 bits per heavy atom. The van der Waals surface area contributed by atoms with Gasteiger partial charge in [0.15, 0.2) is 11.5 Å². The lowest BCUT2D eigenvalue weighted by molar-refractivity contribution is 0.0632. The molecule has 2 aromatic heterocycles. The van der Waals surface area contributed by atoms with Gasteiger partial charge in [-0.3, -0.25) is 9.69 Å². The van der Waals surface area contributed by atoms with Crippen LogP contribution in [0.2, 0.25) is 0 Å². The fourth-order valence-electron chi connectivity index (χ4n) is 4.37. The summed E-state index contributed by atoms with van der Waals surface area (Å²) in [4.78, 5) is 24.1. The van der Waals surface area contributed by atoms with Crippen molar-refractivity contribution in [2.45, 2.75) is 27.3 Å². The van der Waals surface area contributed by atoms with Crippen LogP contribution < -0.4 is 9.47 Å². The van der Waals surface area contributed by atoms with Crippen LogP contribution >= 0.6 is 11.3 Å². The van der Waals surface area contributed by atoms with Crippen molar-refractivity contribution < 1.29 is 14.3 Å². The van der Waals surface area contributed by atoms with Crippen LogP contribution in [0.4, 0.5) is 0 Å². The number of pyridine rings is 1. The molecule has 0 radical (unpaired) electrons. The largest absolute Gasteiger partial charge is 0.454 e. The number of nitrogens with zero attached hydrogens (tertiary/aromatic N) is 3. The van der Waals surface area contributed by atoms with E-state index < -0.39 is 0 Å². The number of hydrogen-bond donors (Lipinski definition) is 0. The van der Waals surface area contributed by atoms with Crippen LogP contribution in [0.1, 0.15) is 32.1 Å². The van der Waals surface area contributed by atoms with Gasteiger partial charge in [0.2, 0.25) is 6.79 Å². The van der Waals surface area contributed by atoms with Crippen LogP contribution in [0, 0.1) is 20.8 Å². The van der Waals surface area contributed by atoms with E-state index >= 15 is 0 Å². The summed E-state index contributed by atoms with van der Waals surface area (Å²) in [7, 11) is 0. The number of piperazine rings is 1. The van der Waals surface area contributed by atoms with Gasteiger partial charge in [-0.1, -0.05) is 6.07 Å². The number of aromatic nitrogens is 1. The summed E-state index contributed by atoms with van der Waals surface area (Å²) in [6, 6.07) is 8.20. The highest BCUT2D eigenvalue weighted by molar-refractivity contribution is 7.20. The van der Waals surface area contributed by atoms with Gasteiger partial charge in [-0.05, 0) is 55.7 Å². The summed E-state index contributed by atoms with van der Waals surface area (Å²) in [5.74, 6) is 1.77. The molecule has 0 atom stereocenters. The van der Waals surface area contributed by atoms with Gasteiger partial charge in [-0.15, -0.1) is 11.3 Å². The number of ether oxygens (including phenoxy) is 2. The molecule has 0 aliphatic carbocycles. The van der Waals surface area contributed by atoms with Gasteiger partial charge >= 0.3 is 0 Å². The van der Waals surface area contributed by atoms with Gasteiger partial charge in [0, 0.05) is 43.8 Å². The molecule has 2 aliphatic heterocycles. The maximum absolute atomic E-state index is 13.2. The predicted octanol–water partition coefficient (Wildman–Crippen LogP) is 3.91. The van der Waals surface area contributed by atoms with Crippen LogP contribution in [0.3, 0.4) is 0 Å². The van der Waals surface area contributed by atoms with Crippen molar-refractivity contribution in [3.63, 3.8) is 0 Å². The molecule has 3 aromatic rings. The van der Waals surface area contributed by atoms with Crippen LogP contribution in [0.25, 0.3) is 10.2 Å². The normalized spacial score (nSPS) is 16.4. The van der Waals surface area contributed by atoms with Gasteiger partial charge in [-0.25, -0.2) is 4.98 Å². The van der Waals surface area contributed by atoms with Crippen LogP contribution in [-0.4, -0.2) is 53.7 Å². The molecule has 1 amide bonds. The van der Waals surface area contributed by atoms with Gasteiger partial charge in [0.25, 0.3) is 5.91 Å². The Labute approximate surface area is 180 Å². The van der Waals surface area contributed by atoms with Crippen LogP contribution in [0.5, 0.6) is 11.5 Å². The molecule has 0 N–H and O–H groups in total. The fraction of sp³-hybridized carbons (Fsp3) is 0.391. The highest BCUT2D eigenvalue weighted by Gasteiger charge is 2.26. The molecule has 7 heteroatoms. The Balaban J connectivity index is 1.26. The van der Waals surface area contributed by atoms with E-state index in [9.17, 15) is 4.79 Å². The zero-order valence-electron chi connectivity index (χ0n) is 17.5. The Morgan fingerprint density at radius 1 is 1.07 bits per heavy atom. The lowest BCUT2D eigenvalue weighted by Crippen LogP contribution is -2.48. The van der Waals surface area contributed by atoms with E-state index in [2.05, 4.69) is 35.0 Å². The minimum absolute atomic E-state index is 0.135. The average molecular weight is 424 g/mol. The quantitative estimate of drug-likeness (QED) is 0.639. The summed E-state index contributed by atoms with van der Waals surface area (Å²) in [5.41, 5.74) is 4.46. The predicted molar refractivity (Wildman–Crippen MR) is 118 cm³/mol. The Kier molecular flexibility index (Phi) is 4.87. The van der Waals surface area contributed by atoms with E-state index in [1.165, 1.54) is 22.5 Å². The second kappa shape index (κ2) is 7.56. The molecular weight excluding hydrogens is 398 g/mol. The molecule has 156 valence electrons. The van der Waals surface area contributed by atoms with Gasteiger partial charge in [0.05, 0.1) is 4.88 Å². The minimum atomic E-state index is 0.135. The SMILES string of the molecule is Cc1cc(C)c2c(C)c(C(=O)N3CCN(Cc4ccc5c(c4)OCO5)CC3)sc2n1. The monoisotopic (exact) mass is 423 g/mol. The third-order valence-corrected chi connectivity index (χ3v) is 7.10. The molecule has 0 spiro atoms. The van der Waals surface area contributed by atoms with Crippen molar-refractivity contribution in [2.24, 2.45) is 0 Å². The van der Waals surface area contributed by atoms with Crippen molar-refractivity contribution in [3.05, 3.63) is 51.5 Å². The third kappa shape index (κ3) is 3.42. The van der Waals surface area contributed by atoms with E-state index in [0.717, 1.165) is 70.6 Å². The molecule has 4 heterocycles. The van der Waals surface area contributed by atoms with Gasteiger partial charge < -0.3 is 14.4 Å². The molecule has 1 fully saturated rings. The van der Waals surface area contributed by atoms with Crippen LogP contribution in [-0.2, 0) is 6.54 Å². The minimum Gasteiger partial charge on any atom is -0.454 e. The molecular formula is C23H25N3O3S. The molecule has 2 aliphatic rings. The maximum atomic E-state index is 13.2. The first-order chi connectivity index (χ1) is 14.5. The lowest BCUT2D eigenvalue weighted by Gasteiger charge is -2.34. The summed E-state index contributed by atoms with van der Waals surface area (Å²) in [5, 5.41) is 1.13. The number of hydrogen-bond acceptors (Lipinski definition) is 6. The first-order valence-corrected chi connectivity index (χ1v) is 11.1. The highest BCUT2D eigenvalue weighted by atomic mass is 32.1. The number of thiophene rings is 1. The number of carbonyl (C=O) groups is 1. The highest BCUT2D eigenvalue weighted by Crippen LogP contribution is 2.34. The summed E-state index contributed by atoms with van der Waals surface area (Å²) in [6.07, 6.45) is 0. The smallest absolute Gasteiger partial charge is 0.264 e. The standard InChI is InChI=1S/C23H25N3O3S/c1-14-10-15(2)24-22-20(14)16(3)21(30-22)23(27)26-8-6-25(7-9-26)12-17-4-5-18-19(11-17)29-13-28-18/h4-5,10-11H,6-9,12-13H2,1-3H3. The molecule has 0 saturated carbocycles. The summed E-state index contributed by atoms with van der Waals surface area (Å²) in [6.45, 7) is 10.5. The molecule has 5 rings (SSSR count). The number of fused-ring (bicyclic) bond motifs is 2. The molecule has 0 bridgehead atoms. The zero-order valence-corrected chi connectivity index (χ0v) is 18.3. The number of rotatable bonds is 3. The van der Waals surface area contributed by atoms with E-state index in [1.54, 1.807) is 0 Å². The number of aryl methyl sites for hydroxylation is 3. The number of amides is 1. The third-order valence-electron chi connectivity index (χ3n) is 5.92. The van der Waals surface area contributed by atoms with Crippen molar-refractivity contribution in [3.8, 4) is 11.5 Å². The van der Waals surface area contributed by atoms with Crippen molar-refractivity contribution in [2.75, 3.05) is 33.0 Å². The molecule has 1 saturated heterocycles. The molecule has 0 unspecified atom stereocenters. The Bertz CT molecular complexity index is 1130. The Morgan fingerprint density at radius 3 is 2.63 bits per heavy atom. The van der Waals surface area contributed by atoms with Crippen LogP contribution in [0.15, 0.2) is 24.3 Å². The van der Waals surface area contributed by atoms with Gasteiger partial charge in [-0.2, -0.15) is 0 Å². The van der Waals surface area contributed by atoms with Crippen molar-refractivity contribution >= 4 is 27.5 Å². The second-order valence-corrected chi connectivity index (χ2v) is 9.07. The van der Waals surface area contributed by atoms with Gasteiger partial charge in [0.1, 0.15) is 4.83 Å². The number of carbonyl (C=O) groups excluding carboxylic acids is 1. The van der Waals surface area contributed by atoms with Crippen molar-refractivity contribution in [1.29, 1.82) is 0 Å². The molecule has 1 aromatic carbocycles. The molecule has 30 heavy (non-hydrogen) atoms. The van der Waals surface area contributed by atoms with Crippen molar-refractivity contribution in [1.82, 2.24) is 14.8 Å². The molecule has 6 nitrogen and oxygen atoms in total. The first-order valence-electron chi connectivity index (χ1n) is 10.3.